The topological polar surface area (TPSA) is 126 Å². The van der Waals surface area contributed by atoms with Crippen molar-refractivity contribution in [2.45, 2.75) is 24.2 Å². The highest BCUT2D eigenvalue weighted by Gasteiger charge is 2.60. The highest BCUT2D eigenvalue weighted by molar-refractivity contribution is 6.39. The van der Waals surface area contributed by atoms with Crippen LogP contribution in [0.4, 0.5) is 17.6 Å². The third-order valence-electron chi connectivity index (χ3n) is 7.97. The Kier molecular flexibility index (Phi) is 3.76. The molecule has 3 aliphatic rings. The third kappa shape index (κ3) is 2.13. The maximum Gasteiger partial charge on any atom is 0.259 e. The molecule has 192 valence electrons. The fourth-order valence-corrected chi connectivity index (χ4v) is 6.52. The average molecular weight is 527 g/mol. The van der Waals surface area contributed by atoms with E-state index in [1.165, 1.54) is 4.57 Å². The third-order valence-corrected chi connectivity index (χ3v) is 7.97. The van der Waals surface area contributed by atoms with E-state index in [1.807, 2.05) is 0 Å². The average Bonchev–Trinajstić information content (AvgIpc) is 3.51. The van der Waals surface area contributed by atoms with Crippen molar-refractivity contribution in [1.29, 1.82) is 0 Å². The number of benzene rings is 3. The molecule has 2 amide bonds. The lowest BCUT2D eigenvalue weighted by molar-refractivity contribution is -0.144. The van der Waals surface area contributed by atoms with E-state index in [1.54, 1.807) is 0 Å². The molecule has 0 radical (unpaired) electrons. The molecule has 0 aliphatic carbocycles. The van der Waals surface area contributed by atoms with E-state index >= 15 is 0 Å². The molecule has 2 aromatic heterocycles. The van der Waals surface area contributed by atoms with Gasteiger partial charge in [-0.05, 0) is 12.1 Å². The van der Waals surface area contributed by atoms with E-state index in [0.717, 1.165) is 28.8 Å². The summed E-state index contributed by atoms with van der Waals surface area (Å²) in [5, 5.41) is 35.5. The van der Waals surface area contributed by atoms with Crippen LogP contribution in [0.25, 0.3) is 43.6 Å². The molecular formula is C25H13F4N3O6. The summed E-state index contributed by atoms with van der Waals surface area (Å²) >= 11 is 0. The summed E-state index contributed by atoms with van der Waals surface area (Å²) in [6, 6.07) is 3.19. The Morgan fingerprint density at radius 3 is 2.00 bits per heavy atom. The van der Waals surface area contributed by atoms with Crippen molar-refractivity contribution >= 4 is 55.4 Å². The number of rotatable bonds is 1. The number of hydrogen-bond acceptors (Lipinski definition) is 6. The van der Waals surface area contributed by atoms with Crippen molar-refractivity contribution in [3.05, 3.63) is 58.7 Å². The van der Waals surface area contributed by atoms with Crippen LogP contribution in [-0.2, 0) is 10.5 Å². The molecule has 5 heterocycles. The number of halogens is 4. The lowest BCUT2D eigenvalue weighted by Gasteiger charge is -2.32. The zero-order valence-corrected chi connectivity index (χ0v) is 18.7. The Hall–Kier alpha value is -4.04. The van der Waals surface area contributed by atoms with E-state index in [-0.39, 0.29) is 54.7 Å². The van der Waals surface area contributed by atoms with Crippen molar-refractivity contribution in [3.8, 4) is 0 Å². The van der Waals surface area contributed by atoms with Crippen LogP contribution in [0, 0.1) is 23.3 Å². The van der Waals surface area contributed by atoms with Gasteiger partial charge in [-0.15, -0.1) is 0 Å². The van der Waals surface area contributed by atoms with Crippen molar-refractivity contribution in [2.24, 2.45) is 0 Å². The first-order valence-electron chi connectivity index (χ1n) is 11.4. The zero-order valence-electron chi connectivity index (χ0n) is 18.7. The zero-order chi connectivity index (χ0) is 26.6. The lowest BCUT2D eigenvalue weighted by Crippen LogP contribution is -2.50. The number of aliphatic hydroxyl groups is 3. The molecule has 1 saturated heterocycles. The molecule has 3 aromatic carbocycles. The van der Waals surface area contributed by atoms with E-state index in [0.29, 0.717) is 0 Å². The van der Waals surface area contributed by atoms with Crippen LogP contribution in [0.1, 0.15) is 26.9 Å². The summed E-state index contributed by atoms with van der Waals surface area (Å²) in [6.45, 7) is -0.834. The maximum absolute atomic E-state index is 14.6. The van der Waals surface area contributed by atoms with Gasteiger partial charge in [-0.3, -0.25) is 14.9 Å². The first kappa shape index (κ1) is 22.0. The highest BCUT2D eigenvalue weighted by Crippen LogP contribution is 2.54. The predicted molar refractivity (Wildman–Crippen MR) is 121 cm³/mol. The molecule has 3 aliphatic heterocycles. The molecule has 38 heavy (non-hydrogen) atoms. The first-order chi connectivity index (χ1) is 18.1. The van der Waals surface area contributed by atoms with Crippen molar-refractivity contribution in [1.82, 2.24) is 14.5 Å². The Bertz CT molecular complexity index is 2020. The highest BCUT2D eigenvalue weighted by atomic mass is 19.2. The van der Waals surface area contributed by atoms with Crippen molar-refractivity contribution in [2.75, 3.05) is 6.61 Å². The van der Waals surface area contributed by atoms with Crippen LogP contribution in [0.2, 0.25) is 0 Å². The van der Waals surface area contributed by atoms with Crippen LogP contribution < -0.4 is 5.32 Å². The smallest absolute Gasteiger partial charge is 0.259 e. The van der Waals surface area contributed by atoms with Gasteiger partial charge in [0.05, 0.1) is 39.8 Å². The van der Waals surface area contributed by atoms with Gasteiger partial charge in [0, 0.05) is 33.7 Å². The van der Waals surface area contributed by atoms with Gasteiger partial charge in [-0.25, -0.2) is 17.6 Å². The number of nitrogens with one attached hydrogen (secondary N) is 1. The summed E-state index contributed by atoms with van der Waals surface area (Å²) in [7, 11) is 0. The molecule has 4 atom stereocenters. The second-order valence-electron chi connectivity index (χ2n) is 9.68. The SMILES string of the molecule is O=C1NC(=O)c2c1c1c3cc(F)c(F)cc3n3c1c1c2c2cc(F)c(F)cc2n1[C@@]1(O)C(CO)O[C@@H]3C1O. The van der Waals surface area contributed by atoms with E-state index in [2.05, 4.69) is 5.32 Å². The monoisotopic (exact) mass is 527 g/mol. The normalized spacial score (nSPS) is 25.9. The number of hydrogen-bond donors (Lipinski definition) is 4. The minimum absolute atomic E-state index is 0.00949. The maximum atomic E-state index is 14.6. The minimum atomic E-state index is -2.49. The van der Waals surface area contributed by atoms with Crippen molar-refractivity contribution < 1.29 is 47.2 Å². The second kappa shape index (κ2) is 6.50. The molecule has 9 nitrogen and oxygen atoms in total. The van der Waals surface area contributed by atoms with Crippen LogP contribution in [-0.4, -0.2) is 55.1 Å². The predicted octanol–water partition coefficient (Wildman–Crippen LogP) is 2.25. The van der Waals surface area contributed by atoms with Gasteiger partial charge in [0.1, 0.15) is 12.2 Å². The Balaban J connectivity index is 1.79. The van der Waals surface area contributed by atoms with E-state index in [4.69, 9.17) is 4.74 Å². The number of ether oxygens (including phenoxy) is 1. The Labute approximate surface area is 207 Å². The van der Waals surface area contributed by atoms with Crippen LogP contribution >= 0.6 is 0 Å². The van der Waals surface area contributed by atoms with E-state index < -0.39 is 65.9 Å². The molecule has 1 fully saturated rings. The molecular weight excluding hydrogens is 514 g/mol. The molecule has 0 spiro atoms. The Morgan fingerprint density at radius 2 is 1.39 bits per heavy atom. The van der Waals surface area contributed by atoms with Crippen molar-refractivity contribution in [3.63, 3.8) is 0 Å². The summed E-state index contributed by atoms with van der Waals surface area (Å²) in [5.41, 5.74) is -3.21. The van der Waals surface area contributed by atoms with Gasteiger partial charge in [-0.2, -0.15) is 0 Å². The summed E-state index contributed by atoms with van der Waals surface area (Å²) in [5.74, 6) is -6.86. The van der Waals surface area contributed by atoms with Gasteiger partial charge in [0.25, 0.3) is 11.8 Å². The molecule has 2 bridgehead atoms. The number of aliphatic hydroxyl groups excluding tert-OH is 2. The molecule has 0 saturated carbocycles. The second-order valence-corrected chi connectivity index (χ2v) is 9.68. The number of carbonyl (C=O) groups excluding carboxylic acids is 2. The van der Waals surface area contributed by atoms with Gasteiger partial charge in [-0.1, -0.05) is 0 Å². The van der Waals surface area contributed by atoms with Crippen LogP contribution in [0.5, 0.6) is 0 Å². The quantitative estimate of drug-likeness (QED) is 0.196. The van der Waals surface area contributed by atoms with E-state index in [9.17, 15) is 42.5 Å². The van der Waals surface area contributed by atoms with Gasteiger partial charge >= 0.3 is 0 Å². The van der Waals surface area contributed by atoms with Gasteiger partial charge in [0.15, 0.2) is 29.5 Å². The van der Waals surface area contributed by atoms with Gasteiger partial charge < -0.3 is 29.2 Å². The Morgan fingerprint density at radius 1 is 0.868 bits per heavy atom. The molecule has 4 N–H and O–H groups in total. The molecule has 2 unspecified atom stereocenters. The number of nitrogens with zero attached hydrogens (tertiary/aromatic N) is 2. The molecule has 8 rings (SSSR count). The lowest BCUT2D eigenvalue weighted by atomic mass is 9.96. The number of imide groups is 1. The molecule has 13 heteroatoms. The number of amides is 2. The van der Waals surface area contributed by atoms with Crippen LogP contribution in [0.3, 0.4) is 0 Å². The summed E-state index contributed by atoms with van der Waals surface area (Å²) < 4.78 is 66.3. The summed E-state index contributed by atoms with van der Waals surface area (Å²) in [6.07, 6.45) is -4.90. The summed E-state index contributed by atoms with van der Waals surface area (Å²) in [4.78, 5) is 26.2. The first-order valence-corrected chi connectivity index (χ1v) is 11.4. The van der Waals surface area contributed by atoms with Crippen LogP contribution in [0.15, 0.2) is 24.3 Å². The molecule has 5 aromatic rings. The number of fused-ring (bicyclic) bond motifs is 13. The minimum Gasteiger partial charge on any atom is -0.393 e. The van der Waals surface area contributed by atoms with Gasteiger partial charge in [0.2, 0.25) is 5.72 Å². The number of carbonyl (C=O) groups is 2. The fourth-order valence-electron chi connectivity index (χ4n) is 6.52. The largest absolute Gasteiger partial charge is 0.393 e. The number of aromatic nitrogens is 2. The standard InChI is InChI=1S/C25H13F4N3O6/c26-8-1-6-12(3-10(8)28)31-19-15(6)17-18(23(36)30-22(17)35)16-7-2-9(27)11(29)4-13(7)32(20(16)19)25(37)14(5-33)38-24(31)21(25)34/h1-4,14,21,24,33-34,37H,5H2,(H,30,35,36)/t14?,21?,24-,25-/m1/s1. The fraction of sp³-hybridized carbons (Fsp3) is 0.200.